The van der Waals surface area contributed by atoms with E-state index in [0.717, 1.165) is 0 Å². The number of hydrogen-bond donors (Lipinski definition) is 0. The lowest BCUT2D eigenvalue weighted by Crippen LogP contribution is -2.35. The number of hydrogen-bond acceptors (Lipinski definition) is 5. The third kappa shape index (κ3) is 4.58. The molecule has 0 atom stereocenters. The fourth-order valence-electron chi connectivity index (χ4n) is 2.23. The van der Waals surface area contributed by atoms with E-state index in [9.17, 15) is 9.59 Å². The molecule has 0 fully saturated rings. The Hall–Kier alpha value is -3.33. The van der Waals surface area contributed by atoms with E-state index in [1.54, 1.807) is 42.5 Å². The van der Waals surface area contributed by atoms with Gasteiger partial charge < -0.3 is 9.47 Å². The molecule has 2 aromatic carbocycles. The fourth-order valence-corrected chi connectivity index (χ4v) is 2.23. The number of para-hydroxylation sites is 1. The van der Waals surface area contributed by atoms with Gasteiger partial charge in [-0.1, -0.05) is 18.2 Å². The lowest BCUT2D eigenvalue weighted by molar-refractivity contribution is -0.120. The molecule has 6 nitrogen and oxygen atoms in total. The van der Waals surface area contributed by atoms with Gasteiger partial charge in [-0.2, -0.15) is 5.26 Å². The van der Waals surface area contributed by atoms with Crippen LogP contribution in [0.15, 0.2) is 48.5 Å². The van der Waals surface area contributed by atoms with Crippen molar-refractivity contribution in [2.24, 2.45) is 0 Å². The Labute approximate surface area is 146 Å². The van der Waals surface area contributed by atoms with Gasteiger partial charge in [0.25, 0.3) is 5.91 Å². The Morgan fingerprint density at radius 3 is 2.44 bits per heavy atom. The summed E-state index contributed by atoms with van der Waals surface area (Å²) in [6.45, 7) is 1.12. The van der Waals surface area contributed by atoms with Crippen molar-refractivity contribution in [2.75, 3.05) is 25.2 Å². The molecule has 0 aliphatic rings. The number of methoxy groups -OCH3 is 1. The summed E-state index contributed by atoms with van der Waals surface area (Å²) in [4.78, 5) is 25.2. The van der Waals surface area contributed by atoms with Crippen molar-refractivity contribution in [2.45, 2.75) is 6.92 Å². The number of carbonyl (C=O) groups excluding carboxylic acids is 2. The van der Waals surface area contributed by atoms with Gasteiger partial charge in [0.1, 0.15) is 6.54 Å². The van der Waals surface area contributed by atoms with Crippen LogP contribution in [0.25, 0.3) is 0 Å². The summed E-state index contributed by atoms with van der Waals surface area (Å²) >= 11 is 0. The first kappa shape index (κ1) is 18.0. The number of ketones is 1. The van der Waals surface area contributed by atoms with Crippen molar-refractivity contribution in [1.82, 2.24) is 0 Å². The molecule has 0 saturated heterocycles. The van der Waals surface area contributed by atoms with E-state index in [-0.39, 0.29) is 24.8 Å². The molecule has 6 heteroatoms. The van der Waals surface area contributed by atoms with E-state index in [0.29, 0.717) is 22.7 Å². The minimum absolute atomic E-state index is 0.0768. The van der Waals surface area contributed by atoms with Crippen LogP contribution in [0.5, 0.6) is 11.5 Å². The van der Waals surface area contributed by atoms with E-state index in [4.69, 9.17) is 14.7 Å². The molecular formula is C19H18N2O4. The Morgan fingerprint density at radius 1 is 1.12 bits per heavy atom. The number of amides is 1. The molecule has 0 saturated carbocycles. The maximum absolute atomic E-state index is 12.4. The fraction of sp³-hybridized carbons (Fsp3) is 0.211. The van der Waals surface area contributed by atoms with Gasteiger partial charge in [-0.3, -0.25) is 14.5 Å². The van der Waals surface area contributed by atoms with Crippen LogP contribution in [0.3, 0.4) is 0 Å². The van der Waals surface area contributed by atoms with Crippen LogP contribution in [-0.2, 0) is 4.79 Å². The number of nitriles is 1. The zero-order valence-corrected chi connectivity index (χ0v) is 14.1. The number of carbonyl (C=O) groups is 2. The predicted molar refractivity (Wildman–Crippen MR) is 92.9 cm³/mol. The highest BCUT2D eigenvalue weighted by molar-refractivity contribution is 5.95. The molecule has 0 aromatic heterocycles. The first-order chi connectivity index (χ1) is 12.1. The zero-order chi connectivity index (χ0) is 18.2. The van der Waals surface area contributed by atoms with E-state index in [1.165, 1.54) is 18.9 Å². The number of rotatable bonds is 7. The molecule has 0 N–H and O–H groups in total. The molecule has 0 radical (unpaired) electrons. The number of Topliss-reactive ketones (excluding diaryl/α,β-unsaturated/α-hetero) is 1. The van der Waals surface area contributed by atoms with Crippen LogP contribution in [-0.4, -0.2) is 32.0 Å². The Kier molecular flexibility index (Phi) is 6.13. The number of benzene rings is 2. The predicted octanol–water partition coefficient (Wildman–Crippen LogP) is 2.83. The molecule has 128 valence electrons. The highest BCUT2D eigenvalue weighted by Crippen LogP contribution is 2.28. The van der Waals surface area contributed by atoms with Gasteiger partial charge in [0, 0.05) is 11.3 Å². The Bertz CT molecular complexity index is 797. The number of ether oxygens (including phenoxy) is 2. The van der Waals surface area contributed by atoms with Gasteiger partial charge in [0.05, 0.1) is 13.2 Å². The van der Waals surface area contributed by atoms with E-state index < -0.39 is 0 Å². The minimum Gasteiger partial charge on any atom is -0.493 e. The van der Waals surface area contributed by atoms with Crippen molar-refractivity contribution in [1.29, 1.82) is 5.26 Å². The molecule has 0 aliphatic heterocycles. The standard InChI is InChI=1S/C19H18N2O4/c1-14(22)15-8-9-17(18(12-15)24-2)25-13-19(23)21(11-10-20)16-6-4-3-5-7-16/h3-9,12H,11,13H2,1-2H3. The average molecular weight is 338 g/mol. The Morgan fingerprint density at radius 2 is 1.84 bits per heavy atom. The molecule has 1 amide bonds. The highest BCUT2D eigenvalue weighted by atomic mass is 16.5. The summed E-state index contributed by atoms with van der Waals surface area (Å²) in [5.74, 6) is 0.272. The highest BCUT2D eigenvalue weighted by Gasteiger charge is 2.17. The van der Waals surface area contributed by atoms with Crippen molar-refractivity contribution in [3.63, 3.8) is 0 Å². The van der Waals surface area contributed by atoms with Crippen LogP contribution in [0, 0.1) is 11.3 Å². The van der Waals surface area contributed by atoms with Gasteiger partial charge >= 0.3 is 0 Å². The third-order valence-electron chi connectivity index (χ3n) is 3.52. The van der Waals surface area contributed by atoms with Gasteiger partial charge in [-0.25, -0.2) is 0 Å². The van der Waals surface area contributed by atoms with E-state index in [1.807, 2.05) is 12.1 Å². The van der Waals surface area contributed by atoms with Gasteiger partial charge in [-0.05, 0) is 37.3 Å². The topological polar surface area (TPSA) is 79.6 Å². The van der Waals surface area contributed by atoms with Crippen LogP contribution >= 0.6 is 0 Å². The summed E-state index contributed by atoms with van der Waals surface area (Å²) in [7, 11) is 1.46. The van der Waals surface area contributed by atoms with E-state index in [2.05, 4.69) is 0 Å². The monoisotopic (exact) mass is 338 g/mol. The second-order valence-electron chi connectivity index (χ2n) is 5.18. The molecule has 0 aliphatic carbocycles. The molecule has 0 bridgehead atoms. The quantitative estimate of drug-likeness (QED) is 0.573. The first-order valence-corrected chi connectivity index (χ1v) is 7.61. The van der Waals surface area contributed by atoms with Gasteiger partial charge in [-0.15, -0.1) is 0 Å². The first-order valence-electron chi connectivity index (χ1n) is 7.61. The van der Waals surface area contributed by atoms with E-state index >= 15 is 0 Å². The third-order valence-corrected chi connectivity index (χ3v) is 3.52. The summed E-state index contributed by atoms with van der Waals surface area (Å²) in [5, 5.41) is 8.96. The molecule has 2 rings (SSSR count). The van der Waals surface area contributed by atoms with Crippen LogP contribution in [0.1, 0.15) is 17.3 Å². The summed E-state index contributed by atoms with van der Waals surface area (Å²) in [6.07, 6.45) is 0. The normalized spacial score (nSPS) is 9.80. The summed E-state index contributed by atoms with van der Waals surface area (Å²) in [5.41, 5.74) is 1.11. The van der Waals surface area contributed by atoms with Crippen molar-refractivity contribution < 1.29 is 19.1 Å². The molecular weight excluding hydrogens is 320 g/mol. The molecule has 0 unspecified atom stereocenters. The van der Waals surface area contributed by atoms with Crippen LogP contribution in [0.4, 0.5) is 5.69 Å². The molecule has 2 aromatic rings. The second-order valence-corrected chi connectivity index (χ2v) is 5.18. The summed E-state index contributed by atoms with van der Waals surface area (Å²) < 4.78 is 10.7. The maximum atomic E-state index is 12.4. The number of anilines is 1. The van der Waals surface area contributed by atoms with Gasteiger partial charge in [0.15, 0.2) is 23.9 Å². The van der Waals surface area contributed by atoms with Crippen molar-refractivity contribution >= 4 is 17.4 Å². The molecule has 0 spiro atoms. The zero-order valence-electron chi connectivity index (χ0n) is 14.1. The largest absolute Gasteiger partial charge is 0.493 e. The van der Waals surface area contributed by atoms with Gasteiger partial charge in [0.2, 0.25) is 0 Å². The lowest BCUT2D eigenvalue weighted by Gasteiger charge is -2.20. The SMILES string of the molecule is COc1cc(C(C)=O)ccc1OCC(=O)N(CC#N)c1ccccc1. The Balaban J connectivity index is 2.13. The minimum atomic E-state index is -0.356. The van der Waals surface area contributed by atoms with Crippen molar-refractivity contribution in [3.05, 3.63) is 54.1 Å². The second kappa shape index (κ2) is 8.50. The summed E-state index contributed by atoms with van der Waals surface area (Å²) in [6, 6.07) is 15.6. The lowest BCUT2D eigenvalue weighted by atomic mass is 10.1. The van der Waals surface area contributed by atoms with Crippen LogP contribution < -0.4 is 14.4 Å². The van der Waals surface area contributed by atoms with Crippen molar-refractivity contribution in [3.8, 4) is 17.6 Å². The number of nitrogens with zero attached hydrogens (tertiary/aromatic N) is 2. The van der Waals surface area contributed by atoms with Crippen LogP contribution in [0.2, 0.25) is 0 Å². The molecule has 25 heavy (non-hydrogen) atoms. The smallest absolute Gasteiger partial charge is 0.265 e. The molecule has 0 heterocycles. The maximum Gasteiger partial charge on any atom is 0.265 e. The average Bonchev–Trinajstić information content (AvgIpc) is 2.64.